The van der Waals surface area contributed by atoms with Crippen molar-refractivity contribution in [1.82, 2.24) is 9.88 Å². The van der Waals surface area contributed by atoms with Crippen LogP contribution < -0.4 is 9.64 Å². The molecule has 0 saturated carbocycles. The van der Waals surface area contributed by atoms with E-state index >= 15 is 0 Å². The van der Waals surface area contributed by atoms with Gasteiger partial charge in [0.1, 0.15) is 11.4 Å². The highest BCUT2D eigenvalue weighted by Crippen LogP contribution is 2.38. The molecule has 2 bridgehead atoms. The predicted octanol–water partition coefficient (Wildman–Crippen LogP) is 4.19. The van der Waals surface area contributed by atoms with Gasteiger partial charge in [-0.25, -0.2) is 4.79 Å². The molecule has 2 saturated heterocycles. The maximum atomic E-state index is 12.6. The van der Waals surface area contributed by atoms with Gasteiger partial charge >= 0.3 is 6.09 Å². The Morgan fingerprint density at radius 2 is 1.93 bits per heavy atom. The smallest absolute Gasteiger partial charge is 0.410 e. The van der Waals surface area contributed by atoms with E-state index in [4.69, 9.17) is 13.9 Å². The number of benzene rings is 1. The number of halogens is 1. The number of fused-ring (bicyclic) bond motifs is 3. The molecule has 27 heavy (non-hydrogen) atoms. The molecular formula is C19H24BrN3O4. The molecule has 3 heterocycles. The van der Waals surface area contributed by atoms with Gasteiger partial charge in [0.2, 0.25) is 0 Å². The highest BCUT2D eigenvalue weighted by Gasteiger charge is 2.45. The van der Waals surface area contributed by atoms with Crippen LogP contribution in [-0.4, -0.2) is 53.9 Å². The molecule has 2 atom stereocenters. The summed E-state index contributed by atoms with van der Waals surface area (Å²) in [5, 5.41) is 0. The van der Waals surface area contributed by atoms with Crippen LogP contribution in [0.25, 0.3) is 11.1 Å². The standard InChI is InChI=1S/C19H24BrN3O4/c1-19(2,3)27-18(24)23-11-5-6-12(23)10-22(9-11)17-21-15-14(25-4)8-7-13(20)16(15)26-17/h7-8,11-12H,5-6,9-10H2,1-4H3. The molecule has 0 N–H and O–H groups in total. The van der Waals surface area contributed by atoms with Crippen molar-refractivity contribution >= 4 is 39.1 Å². The maximum Gasteiger partial charge on any atom is 0.410 e. The van der Waals surface area contributed by atoms with Crippen molar-refractivity contribution in [2.24, 2.45) is 0 Å². The molecule has 4 rings (SSSR count). The molecule has 7 nitrogen and oxygen atoms in total. The van der Waals surface area contributed by atoms with Crippen molar-refractivity contribution in [3.63, 3.8) is 0 Å². The van der Waals surface area contributed by atoms with E-state index in [1.807, 2.05) is 37.8 Å². The van der Waals surface area contributed by atoms with E-state index in [9.17, 15) is 4.79 Å². The lowest BCUT2D eigenvalue weighted by molar-refractivity contribution is 0.0120. The van der Waals surface area contributed by atoms with Gasteiger partial charge in [-0.05, 0) is 61.7 Å². The van der Waals surface area contributed by atoms with Crippen LogP contribution in [0.5, 0.6) is 5.75 Å². The summed E-state index contributed by atoms with van der Waals surface area (Å²) in [6, 6.07) is 4.54. The molecule has 1 aromatic carbocycles. The number of hydrogen-bond donors (Lipinski definition) is 0. The van der Waals surface area contributed by atoms with Gasteiger partial charge in [0.15, 0.2) is 11.1 Å². The van der Waals surface area contributed by atoms with Gasteiger partial charge in [-0.2, -0.15) is 4.98 Å². The summed E-state index contributed by atoms with van der Waals surface area (Å²) in [5.74, 6) is 0.679. The summed E-state index contributed by atoms with van der Waals surface area (Å²) in [4.78, 5) is 21.3. The fourth-order valence-electron chi connectivity index (χ4n) is 3.91. The lowest BCUT2D eigenvalue weighted by atomic mass is 10.2. The van der Waals surface area contributed by atoms with Crippen LogP contribution in [0.1, 0.15) is 33.6 Å². The molecule has 2 fully saturated rings. The highest BCUT2D eigenvalue weighted by molar-refractivity contribution is 9.10. The topological polar surface area (TPSA) is 68.0 Å². The van der Waals surface area contributed by atoms with E-state index in [2.05, 4.69) is 25.8 Å². The zero-order valence-electron chi connectivity index (χ0n) is 16.0. The Labute approximate surface area is 166 Å². The van der Waals surface area contributed by atoms with Crippen molar-refractivity contribution in [1.29, 1.82) is 0 Å². The van der Waals surface area contributed by atoms with Gasteiger partial charge < -0.3 is 18.8 Å². The number of carbonyl (C=O) groups is 1. The predicted molar refractivity (Wildman–Crippen MR) is 105 cm³/mol. The molecule has 2 aliphatic heterocycles. The van der Waals surface area contributed by atoms with E-state index in [0.29, 0.717) is 36.0 Å². The van der Waals surface area contributed by atoms with Crippen molar-refractivity contribution in [2.45, 2.75) is 51.3 Å². The molecule has 8 heteroatoms. The molecule has 0 spiro atoms. The summed E-state index contributed by atoms with van der Waals surface area (Å²) in [5.41, 5.74) is 0.881. The van der Waals surface area contributed by atoms with Crippen LogP contribution in [0.4, 0.5) is 10.8 Å². The summed E-state index contributed by atoms with van der Waals surface area (Å²) in [6.07, 6.45) is 1.71. The number of aromatic nitrogens is 1. The van der Waals surface area contributed by atoms with Crippen LogP contribution in [0.3, 0.4) is 0 Å². The second kappa shape index (κ2) is 6.58. The molecule has 2 aromatic rings. The minimum atomic E-state index is -0.489. The van der Waals surface area contributed by atoms with Crippen molar-refractivity contribution in [3.05, 3.63) is 16.6 Å². The Bertz CT molecular complexity index is 862. The van der Waals surface area contributed by atoms with E-state index in [1.54, 1.807) is 7.11 Å². The first-order valence-corrected chi connectivity index (χ1v) is 9.95. The zero-order valence-corrected chi connectivity index (χ0v) is 17.6. The molecular weight excluding hydrogens is 414 g/mol. The quantitative estimate of drug-likeness (QED) is 0.701. The number of hydrogen-bond acceptors (Lipinski definition) is 6. The van der Waals surface area contributed by atoms with Crippen LogP contribution in [-0.2, 0) is 4.74 Å². The van der Waals surface area contributed by atoms with E-state index < -0.39 is 5.60 Å². The number of carbonyl (C=O) groups excluding carboxylic acids is 1. The van der Waals surface area contributed by atoms with Gasteiger partial charge in [-0.15, -0.1) is 0 Å². The second-order valence-electron chi connectivity index (χ2n) is 8.10. The lowest BCUT2D eigenvalue weighted by Gasteiger charge is -2.40. The molecule has 146 valence electrons. The van der Waals surface area contributed by atoms with Gasteiger partial charge in [-0.3, -0.25) is 4.90 Å². The molecule has 0 radical (unpaired) electrons. The minimum absolute atomic E-state index is 0.110. The van der Waals surface area contributed by atoms with E-state index in [0.717, 1.165) is 17.3 Å². The molecule has 1 amide bonds. The first-order chi connectivity index (χ1) is 12.8. The fraction of sp³-hybridized carbons (Fsp3) is 0.579. The van der Waals surface area contributed by atoms with Gasteiger partial charge in [-0.1, -0.05) is 0 Å². The summed E-state index contributed by atoms with van der Waals surface area (Å²) in [6.45, 7) is 7.05. The number of rotatable bonds is 2. The first-order valence-electron chi connectivity index (χ1n) is 9.16. The van der Waals surface area contributed by atoms with E-state index in [-0.39, 0.29) is 18.2 Å². The van der Waals surface area contributed by atoms with Crippen LogP contribution in [0.15, 0.2) is 21.0 Å². The van der Waals surface area contributed by atoms with Crippen LogP contribution in [0.2, 0.25) is 0 Å². The largest absolute Gasteiger partial charge is 0.494 e. The number of amides is 1. The number of piperazine rings is 1. The number of methoxy groups -OCH3 is 1. The van der Waals surface area contributed by atoms with Crippen LogP contribution in [0, 0.1) is 0 Å². The number of anilines is 1. The average molecular weight is 438 g/mol. The third-order valence-corrected chi connectivity index (χ3v) is 5.65. The summed E-state index contributed by atoms with van der Waals surface area (Å²) < 4.78 is 17.9. The highest BCUT2D eigenvalue weighted by atomic mass is 79.9. The maximum absolute atomic E-state index is 12.6. The third kappa shape index (κ3) is 3.35. The molecule has 0 aliphatic carbocycles. The SMILES string of the molecule is COc1ccc(Br)c2oc(N3CC4CCC(C3)N4C(=O)OC(C)(C)C)nc12. The first kappa shape index (κ1) is 18.4. The molecule has 1 aromatic heterocycles. The number of oxazole rings is 1. The Kier molecular flexibility index (Phi) is 4.49. The van der Waals surface area contributed by atoms with Crippen LogP contribution >= 0.6 is 15.9 Å². The average Bonchev–Trinajstić information content (AvgIpc) is 3.14. The Morgan fingerprint density at radius 3 is 2.52 bits per heavy atom. The van der Waals surface area contributed by atoms with Crippen molar-refractivity contribution in [2.75, 3.05) is 25.1 Å². The second-order valence-corrected chi connectivity index (χ2v) is 8.96. The Balaban J connectivity index is 1.58. The normalized spacial score (nSPS) is 22.4. The van der Waals surface area contributed by atoms with Gasteiger partial charge in [0, 0.05) is 13.1 Å². The lowest BCUT2D eigenvalue weighted by Crippen LogP contribution is -2.56. The van der Waals surface area contributed by atoms with Gasteiger partial charge in [0.05, 0.1) is 23.7 Å². The summed E-state index contributed by atoms with van der Waals surface area (Å²) in [7, 11) is 1.62. The minimum Gasteiger partial charge on any atom is -0.494 e. The van der Waals surface area contributed by atoms with Crippen molar-refractivity contribution in [3.8, 4) is 5.75 Å². The Morgan fingerprint density at radius 1 is 1.26 bits per heavy atom. The third-order valence-electron chi connectivity index (χ3n) is 5.02. The molecule has 2 unspecified atom stereocenters. The number of nitrogens with zero attached hydrogens (tertiary/aromatic N) is 3. The monoisotopic (exact) mass is 437 g/mol. The van der Waals surface area contributed by atoms with E-state index in [1.165, 1.54) is 0 Å². The summed E-state index contributed by atoms with van der Waals surface area (Å²) >= 11 is 3.51. The number of ether oxygens (including phenoxy) is 2. The molecule has 2 aliphatic rings. The van der Waals surface area contributed by atoms with Crippen molar-refractivity contribution < 1.29 is 18.7 Å². The zero-order chi connectivity index (χ0) is 19.3. The fourth-order valence-corrected chi connectivity index (χ4v) is 4.31. The van der Waals surface area contributed by atoms with Gasteiger partial charge in [0.25, 0.3) is 6.01 Å². The Hall–Kier alpha value is -1.96.